The van der Waals surface area contributed by atoms with E-state index in [4.69, 9.17) is 20.9 Å². The summed E-state index contributed by atoms with van der Waals surface area (Å²) in [5.41, 5.74) is 11.5. The molecule has 1 rings (SSSR count). The van der Waals surface area contributed by atoms with Crippen LogP contribution in [0.1, 0.15) is 23.7 Å². The molecule has 5 nitrogen and oxygen atoms in total. The van der Waals surface area contributed by atoms with E-state index in [-0.39, 0.29) is 11.3 Å². The summed E-state index contributed by atoms with van der Waals surface area (Å²) in [4.78, 5) is 11.1. The lowest BCUT2D eigenvalue weighted by atomic mass is 10.1. The molecule has 0 saturated heterocycles. The Hall–Kier alpha value is -1.75. The second-order valence-corrected chi connectivity index (χ2v) is 3.54. The van der Waals surface area contributed by atoms with Crippen molar-refractivity contribution in [3.63, 3.8) is 0 Å². The van der Waals surface area contributed by atoms with Crippen LogP contribution in [0.4, 0.5) is 5.69 Å². The number of nitrogens with two attached hydrogens (primary N) is 2. The zero-order valence-electron chi connectivity index (χ0n) is 9.94. The van der Waals surface area contributed by atoms with Gasteiger partial charge in [0.25, 0.3) is 5.91 Å². The number of primary amides is 1. The van der Waals surface area contributed by atoms with Crippen molar-refractivity contribution >= 4 is 11.6 Å². The Labute approximate surface area is 101 Å². The Balaban J connectivity index is 2.54. The fourth-order valence-corrected chi connectivity index (χ4v) is 1.34. The molecule has 0 aliphatic rings. The van der Waals surface area contributed by atoms with E-state index in [1.54, 1.807) is 18.2 Å². The first-order valence-corrected chi connectivity index (χ1v) is 5.55. The highest BCUT2D eigenvalue weighted by atomic mass is 16.5. The van der Waals surface area contributed by atoms with Crippen molar-refractivity contribution in [1.82, 2.24) is 0 Å². The van der Waals surface area contributed by atoms with Gasteiger partial charge in [0.2, 0.25) is 0 Å². The summed E-state index contributed by atoms with van der Waals surface area (Å²) in [7, 11) is 0. The normalized spacial score (nSPS) is 10.2. The molecule has 0 unspecified atom stereocenters. The molecule has 0 aliphatic carbocycles. The number of hydrogen-bond acceptors (Lipinski definition) is 4. The van der Waals surface area contributed by atoms with E-state index in [0.717, 1.165) is 6.42 Å². The molecular weight excluding hydrogens is 220 g/mol. The first-order valence-electron chi connectivity index (χ1n) is 5.55. The summed E-state index contributed by atoms with van der Waals surface area (Å²) in [6.07, 6.45) is 0.972. The Bertz CT molecular complexity index is 380. The minimum Gasteiger partial charge on any atom is -0.489 e. The van der Waals surface area contributed by atoms with Gasteiger partial charge in [0.15, 0.2) is 0 Å². The predicted molar refractivity (Wildman–Crippen MR) is 66.0 cm³/mol. The van der Waals surface area contributed by atoms with Crippen molar-refractivity contribution in [3.05, 3.63) is 23.8 Å². The Morgan fingerprint density at radius 1 is 1.29 bits per heavy atom. The van der Waals surface area contributed by atoms with Crippen LogP contribution in [0, 0.1) is 0 Å². The number of ether oxygens (including phenoxy) is 2. The second kappa shape index (κ2) is 6.75. The summed E-state index contributed by atoms with van der Waals surface area (Å²) in [5, 5.41) is 0. The number of nitrogen functional groups attached to an aromatic ring is 1. The molecule has 1 aromatic rings. The molecule has 0 radical (unpaired) electrons. The fourth-order valence-electron chi connectivity index (χ4n) is 1.34. The van der Waals surface area contributed by atoms with Crippen molar-refractivity contribution in [3.8, 4) is 5.75 Å². The molecule has 0 heterocycles. The summed E-state index contributed by atoms with van der Waals surface area (Å²) in [6.45, 7) is 3.63. The van der Waals surface area contributed by atoms with Crippen molar-refractivity contribution in [2.24, 2.45) is 5.73 Å². The molecule has 0 aliphatic heterocycles. The molecule has 94 valence electrons. The van der Waals surface area contributed by atoms with E-state index >= 15 is 0 Å². The maximum Gasteiger partial charge on any atom is 0.250 e. The Morgan fingerprint density at radius 2 is 2.06 bits per heavy atom. The number of amides is 1. The third-order valence-corrected chi connectivity index (χ3v) is 2.17. The van der Waals surface area contributed by atoms with E-state index in [2.05, 4.69) is 0 Å². The standard InChI is InChI=1S/C12H18N2O3/c1-2-6-16-7-8-17-10-5-3-4-9(11(10)13)12(14)15/h3-5H,2,6-8,13H2,1H3,(H2,14,15). The third-order valence-electron chi connectivity index (χ3n) is 2.17. The lowest BCUT2D eigenvalue weighted by molar-refractivity contribution is 0.0993. The van der Waals surface area contributed by atoms with Gasteiger partial charge in [-0.25, -0.2) is 0 Å². The average Bonchev–Trinajstić information content (AvgIpc) is 2.30. The molecule has 0 aromatic heterocycles. The van der Waals surface area contributed by atoms with Crippen molar-refractivity contribution in [2.45, 2.75) is 13.3 Å². The Morgan fingerprint density at radius 3 is 2.71 bits per heavy atom. The number of carbonyl (C=O) groups is 1. The van der Waals surface area contributed by atoms with Gasteiger partial charge in [0, 0.05) is 6.61 Å². The van der Waals surface area contributed by atoms with Crippen LogP contribution in [0.5, 0.6) is 5.75 Å². The number of rotatable bonds is 7. The first-order chi connectivity index (χ1) is 8.16. The van der Waals surface area contributed by atoms with Crippen LogP contribution in [0.3, 0.4) is 0 Å². The number of carbonyl (C=O) groups excluding carboxylic acids is 1. The van der Waals surface area contributed by atoms with E-state index in [9.17, 15) is 4.79 Å². The van der Waals surface area contributed by atoms with E-state index < -0.39 is 5.91 Å². The zero-order valence-corrected chi connectivity index (χ0v) is 9.94. The third kappa shape index (κ3) is 3.96. The monoisotopic (exact) mass is 238 g/mol. The minimum atomic E-state index is -0.560. The average molecular weight is 238 g/mol. The lowest BCUT2D eigenvalue weighted by Crippen LogP contribution is -2.15. The first kappa shape index (κ1) is 13.3. The highest BCUT2D eigenvalue weighted by Crippen LogP contribution is 2.24. The maximum absolute atomic E-state index is 11.1. The van der Waals surface area contributed by atoms with Gasteiger partial charge in [-0.2, -0.15) is 0 Å². The molecule has 0 spiro atoms. The largest absolute Gasteiger partial charge is 0.489 e. The number of para-hydroxylation sites is 1. The van der Waals surface area contributed by atoms with Crippen molar-refractivity contribution < 1.29 is 14.3 Å². The van der Waals surface area contributed by atoms with Gasteiger partial charge < -0.3 is 20.9 Å². The van der Waals surface area contributed by atoms with Crippen LogP contribution in [0.2, 0.25) is 0 Å². The topological polar surface area (TPSA) is 87.6 Å². The van der Waals surface area contributed by atoms with Crippen LogP contribution >= 0.6 is 0 Å². The zero-order chi connectivity index (χ0) is 12.7. The van der Waals surface area contributed by atoms with Gasteiger partial charge in [-0.1, -0.05) is 13.0 Å². The Kier molecular flexibility index (Phi) is 5.29. The molecule has 5 heteroatoms. The predicted octanol–water partition coefficient (Wildman–Crippen LogP) is 1.17. The molecule has 1 aromatic carbocycles. The van der Waals surface area contributed by atoms with E-state index in [1.165, 1.54) is 0 Å². The quantitative estimate of drug-likeness (QED) is 0.551. The fraction of sp³-hybridized carbons (Fsp3) is 0.417. The molecule has 0 fully saturated rings. The van der Waals surface area contributed by atoms with Gasteiger partial charge >= 0.3 is 0 Å². The molecule has 0 bridgehead atoms. The van der Waals surface area contributed by atoms with Crippen LogP contribution in [0.15, 0.2) is 18.2 Å². The molecule has 0 saturated carbocycles. The lowest BCUT2D eigenvalue weighted by Gasteiger charge is -2.10. The van der Waals surface area contributed by atoms with Crippen LogP contribution in [-0.2, 0) is 4.74 Å². The van der Waals surface area contributed by atoms with E-state index in [1.807, 2.05) is 6.92 Å². The van der Waals surface area contributed by atoms with Gasteiger partial charge in [-0.3, -0.25) is 4.79 Å². The van der Waals surface area contributed by atoms with Crippen LogP contribution in [-0.4, -0.2) is 25.7 Å². The molecule has 0 atom stereocenters. The molecule has 1 amide bonds. The second-order valence-electron chi connectivity index (χ2n) is 3.54. The molecular formula is C12H18N2O3. The van der Waals surface area contributed by atoms with Crippen LogP contribution < -0.4 is 16.2 Å². The van der Waals surface area contributed by atoms with Gasteiger partial charge in [0.05, 0.1) is 17.9 Å². The summed E-state index contributed by atoms with van der Waals surface area (Å²) >= 11 is 0. The van der Waals surface area contributed by atoms with Gasteiger partial charge in [-0.15, -0.1) is 0 Å². The highest BCUT2D eigenvalue weighted by Gasteiger charge is 2.09. The number of anilines is 1. The molecule has 17 heavy (non-hydrogen) atoms. The van der Waals surface area contributed by atoms with Gasteiger partial charge in [-0.05, 0) is 18.6 Å². The summed E-state index contributed by atoms with van der Waals surface area (Å²) < 4.78 is 10.7. The minimum absolute atomic E-state index is 0.274. The highest BCUT2D eigenvalue weighted by molar-refractivity contribution is 5.99. The SMILES string of the molecule is CCCOCCOc1cccc(C(N)=O)c1N. The smallest absolute Gasteiger partial charge is 0.250 e. The number of benzene rings is 1. The van der Waals surface area contributed by atoms with Crippen molar-refractivity contribution in [1.29, 1.82) is 0 Å². The van der Waals surface area contributed by atoms with Gasteiger partial charge in [0.1, 0.15) is 12.4 Å². The number of hydrogen-bond donors (Lipinski definition) is 2. The summed E-state index contributed by atoms with van der Waals surface area (Å²) in [6, 6.07) is 4.94. The van der Waals surface area contributed by atoms with E-state index in [0.29, 0.717) is 25.6 Å². The van der Waals surface area contributed by atoms with Crippen LogP contribution in [0.25, 0.3) is 0 Å². The summed E-state index contributed by atoms with van der Waals surface area (Å²) in [5.74, 6) is -0.100. The van der Waals surface area contributed by atoms with Crippen molar-refractivity contribution in [2.75, 3.05) is 25.6 Å². The maximum atomic E-state index is 11.1. The molecule has 4 N–H and O–H groups in total.